The van der Waals surface area contributed by atoms with Gasteiger partial charge < -0.3 is 21.7 Å². The lowest BCUT2D eigenvalue weighted by Crippen LogP contribution is -2.25. The molecule has 0 aromatic carbocycles. The van der Waals surface area contributed by atoms with Gasteiger partial charge in [0.15, 0.2) is 17.5 Å². The molecule has 5 N–H and O–H groups in total. The van der Waals surface area contributed by atoms with E-state index in [1.54, 1.807) is 38.4 Å². The molecule has 4 rings (SSSR count). The van der Waals surface area contributed by atoms with Crippen molar-refractivity contribution in [3.05, 3.63) is 47.3 Å². The van der Waals surface area contributed by atoms with E-state index in [-0.39, 0.29) is 11.4 Å². The third-order valence-electron chi connectivity index (χ3n) is 5.40. The van der Waals surface area contributed by atoms with Crippen LogP contribution in [0.15, 0.2) is 40.8 Å². The Balaban J connectivity index is 1.85. The molecule has 1 aliphatic heterocycles. The number of rotatable bonds is 7. The molecule has 0 atom stereocenters. The van der Waals surface area contributed by atoms with Crippen LogP contribution in [0.4, 0.5) is 23.1 Å². The van der Waals surface area contributed by atoms with Gasteiger partial charge in [-0.05, 0) is 37.5 Å². The van der Waals surface area contributed by atoms with Gasteiger partial charge in [-0.1, -0.05) is 6.07 Å². The number of carbonyl (C=O) groups excluding carboxylic acids is 2. The average molecular weight is 448 g/mol. The highest BCUT2D eigenvalue weighted by Gasteiger charge is 2.26. The van der Waals surface area contributed by atoms with Gasteiger partial charge in [0.2, 0.25) is 0 Å². The van der Waals surface area contributed by atoms with Crippen molar-refractivity contribution in [3.63, 3.8) is 0 Å². The highest BCUT2D eigenvalue weighted by Crippen LogP contribution is 2.37. The summed E-state index contributed by atoms with van der Waals surface area (Å²) in [5.41, 5.74) is 12.4. The van der Waals surface area contributed by atoms with Crippen LogP contribution in [0.2, 0.25) is 0 Å². The van der Waals surface area contributed by atoms with Crippen molar-refractivity contribution >= 4 is 35.0 Å². The fourth-order valence-corrected chi connectivity index (χ4v) is 3.78. The van der Waals surface area contributed by atoms with E-state index in [1.165, 1.54) is 10.9 Å². The summed E-state index contributed by atoms with van der Waals surface area (Å²) in [7, 11) is 1.70. The average Bonchev–Trinajstić information content (AvgIpc) is 3.48. The van der Waals surface area contributed by atoms with Gasteiger partial charge in [-0.3, -0.25) is 9.59 Å². The maximum absolute atomic E-state index is 12.3. The molecule has 0 spiro atoms. The number of nitrogens with two attached hydrogens (primary N) is 2. The van der Waals surface area contributed by atoms with Crippen molar-refractivity contribution in [2.24, 2.45) is 21.7 Å². The zero-order chi connectivity index (χ0) is 23.5. The van der Waals surface area contributed by atoms with Crippen LogP contribution < -0.4 is 21.7 Å². The second kappa shape index (κ2) is 9.02. The first-order chi connectivity index (χ1) is 15.9. The minimum atomic E-state index is -0.711. The summed E-state index contributed by atoms with van der Waals surface area (Å²) in [6, 6.07) is 5.24. The molecular formula is C21H24N10O2. The highest BCUT2D eigenvalue weighted by atomic mass is 16.1. The molecule has 0 saturated carbocycles. The summed E-state index contributed by atoms with van der Waals surface area (Å²) in [5, 5.41) is 15.8. The van der Waals surface area contributed by atoms with Crippen molar-refractivity contribution in [2.45, 2.75) is 19.8 Å². The largest absolute Gasteiger partial charge is 0.371 e. The normalized spacial score (nSPS) is 13.6. The van der Waals surface area contributed by atoms with Crippen LogP contribution >= 0.6 is 0 Å². The highest BCUT2D eigenvalue weighted by molar-refractivity contribution is 6.01. The maximum atomic E-state index is 12.3. The minimum absolute atomic E-state index is 0.0739. The molecule has 4 heterocycles. The second-order valence-electron chi connectivity index (χ2n) is 7.49. The second-order valence-corrected chi connectivity index (χ2v) is 7.49. The van der Waals surface area contributed by atoms with E-state index in [0.29, 0.717) is 34.3 Å². The molecule has 0 radical (unpaired) electrons. The molecule has 0 aliphatic carbocycles. The number of hydrogen-bond donors (Lipinski definition) is 3. The van der Waals surface area contributed by atoms with E-state index in [1.807, 2.05) is 4.90 Å². The van der Waals surface area contributed by atoms with Crippen molar-refractivity contribution in [2.75, 3.05) is 30.4 Å². The van der Waals surface area contributed by atoms with Crippen molar-refractivity contribution < 1.29 is 9.59 Å². The quantitative estimate of drug-likeness (QED) is 0.465. The topological polar surface area (TPSA) is 170 Å². The molecule has 0 unspecified atom stereocenters. The van der Waals surface area contributed by atoms with Crippen molar-refractivity contribution in [3.8, 4) is 5.82 Å². The Kier molecular flexibility index (Phi) is 5.98. The van der Waals surface area contributed by atoms with E-state index >= 15 is 0 Å². The van der Waals surface area contributed by atoms with E-state index in [4.69, 9.17) is 11.5 Å². The van der Waals surface area contributed by atoms with Crippen LogP contribution in [0.3, 0.4) is 0 Å². The Bertz CT molecular complexity index is 1230. The number of pyridine rings is 2. The molecule has 33 heavy (non-hydrogen) atoms. The van der Waals surface area contributed by atoms with Gasteiger partial charge in [0, 0.05) is 26.3 Å². The number of nitrogens with one attached hydrogen (secondary N) is 1. The van der Waals surface area contributed by atoms with Gasteiger partial charge in [0.05, 0.1) is 11.8 Å². The van der Waals surface area contributed by atoms with Crippen LogP contribution in [0.25, 0.3) is 5.82 Å². The monoisotopic (exact) mass is 448 g/mol. The predicted octanol–water partition coefficient (Wildman–Crippen LogP) is 2.23. The van der Waals surface area contributed by atoms with Crippen LogP contribution in [0.5, 0.6) is 0 Å². The lowest BCUT2D eigenvalue weighted by atomic mass is 10.1. The van der Waals surface area contributed by atoms with E-state index in [0.717, 1.165) is 25.9 Å². The number of nitrogens with zero attached hydrogens (tertiary/aromatic N) is 7. The first-order valence-electron chi connectivity index (χ1n) is 10.4. The summed E-state index contributed by atoms with van der Waals surface area (Å²) in [5.74, 6) is 0.177. The Morgan fingerprint density at radius 2 is 1.88 bits per heavy atom. The number of aromatic nitrogens is 4. The summed E-state index contributed by atoms with van der Waals surface area (Å²) in [6.45, 7) is 3.32. The van der Waals surface area contributed by atoms with Crippen molar-refractivity contribution in [1.29, 1.82) is 0 Å². The standard InChI is InChI=1S/C21H24N10O2/c1-12-15(18(23)33)21(30-9-5-6-10-30)27-19(24-2)16(12)28-29-20-13(17(22)32)11-26-31(20)14-7-3-4-8-25-14/h3-4,7-8,11H,5-6,9-10H2,1-2H3,(H2,22,32)(H2,23,33)(H,24,27). The first kappa shape index (κ1) is 21.9. The van der Waals surface area contributed by atoms with E-state index in [2.05, 4.69) is 30.6 Å². The van der Waals surface area contributed by atoms with E-state index in [9.17, 15) is 9.59 Å². The lowest BCUT2D eigenvalue weighted by molar-refractivity contribution is 0.0992. The molecular weight excluding hydrogens is 424 g/mol. The number of amides is 2. The molecule has 1 saturated heterocycles. The van der Waals surface area contributed by atoms with Gasteiger partial charge in [0.25, 0.3) is 11.8 Å². The molecule has 12 heteroatoms. The van der Waals surface area contributed by atoms with Crippen LogP contribution in [-0.2, 0) is 0 Å². The SMILES string of the molecule is CNc1nc(N2CCCC2)c(C(N)=O)c(C)c1N=Nc1c(C(N)=O)cnn1-c1ccccn1. The zero-order valence-electron chi connectivity index (χ0n) is 18.3. The Morgan fingerprint density at radius 3 is 2.48 bits per heavy atom. The minimum Gasteiger partial charge on any atom is -0.371 e. The molecule has 0 bridgehead atoms. The van der Waals surface area contributed by atoms with Gasteiger partial charge in [0.1, 0.15) is 17.1 Å². The zero-order valence-corrected chi connectivity index (χ0v) is 18.3. The van der Waals surface area contributed by atoms with Gasteiger partial charge in [-0.2, -0.15) is 9.78 Å². The molecule has 1 aliphatic rings. The van der Waals surface area contributed by atoms with Gasteiger partial charge in [-0.25, -0.2) is 9.97 Å². The van der Waals surface area contributed by atoms with Crippen LogP contribution in [0.1, 0.15) is 39.1 Å². The molecule has 170 valence electrons. The van der Waals surface area contributed by atoms with Crippen LogP contribution in [0, 0.1) is 6.92 Å². The molecule has 12 nitrogen and oxygen atoms in total. The van der Waals surface area contributed by atoms with Crippen LogP contribution in [-0.4, -0.2) is 51.7 Å². The molecule has 3 aromatic rings. The smallest absolute Gasteiger partial charge is 0.254 e. The summed E-state index contributed by atoms with van der Waals surface area (Å²) >= 11 is 0. The number of primary amides is 2. The Morgan fingerprint density at radius 1 is 1.12 bits per heavy atom. The lowest BCUT2D eigenvalue weighted by Gasteiger charge is -2.22. The first-order valence-corrected chi connectivity index (χ1v) is 10.4. The fraction of sp³-hybridized carbons (Fsp3) is 0.286. The Labute approximate surface area is 189 Å². The number of anilines is 2. The molecule has 2 amide bonds. The maximum Gasteiger partial charge on any atom is 0.254 e. The fourth-order valence-electron chi connectivity index (χ4n) is 3.78. The number of carbonyl (C=O) groups is 2. The Hall–Kier alpha value is -4.35. The molecule has 3 aromatic heterocycles. The third-order valence-corrected chi connectivity index (χ3v) is 5.40. The predicted molar refractivity (Wildman–Crippen MR) is 123 cm³/mol. The number of azo groups is 1. The summed E-state index contributed by atoms with van der Waals surface area (Å²) in [4.78, 5) is 35.2. The van der Waals surface area contributed by atoms with Gasteiger partial charge in [-0.15, -0.1) is 10.2 Å². The van der Waals surface area contributed by atoms with Gasteiger partial charge >= 0.3 is 0 Å². The van der Waals surface area contributed by atoms with E-state index < -0.39 is 11.8 Å². The third kappa shape index (κ3) is 4.10. The molecule has 1 fully saturated rings. The number of hydrogen-bond acceptors (Lipinski definition) is 9. The summed E-state index contributed by atoms with van der Waals surface area (Å²) in [6.07, 6.45) is 4.93. The summed E-state index contributed by atoms with van der Waals surface area (Å²) < 4.78 is 1.36. The van der Waals surface area contributed by atoms with Crippen molar-refractivity contribution in [1.82, 2.24) is 19.7 Å².